The number of hydrogen-bond donors (Lipinski definition) is 0. The van der Waals surface area contributed by atoms with Crippen molar-refractivity contribution in [2.75, 3.05) is 4.90 Å². The lowest BCUT2D eigenvalue weighted by Crippen LogP contribution is -2.36. The maximum absolute atomic E-state index is 2.64. The van der Waals surface area contributed by atoms with Crippen molar-refractivity contribution in [3.8, 4) is 39.1 Å². The summed E-state index contributed by atoms with van der Waals surface area (Å²) in [5.74, 6) is 0.158. The van der Waals surface area contributed by atoms with Crippen molar-refractivity contribution >= 4 is 27.5 Å². The Labute approximate surface area is 368 Å². The fourth-order valence-corrected chi connectivity index (χ4v) is 11.5. The number of rotatable bonds is 6. The van der Waals surface area contributed by atoms with Gasteiger partial charge in [-0.15, -0.1) is 0 Å². The molecule has 298 valence electrons. The van der Waals surface area contributed by atoms with E-state index < -0.39 is 5.41 Å². The normalized spacial score (nSPS) is 17.9. The summed E-state index contributed by atoms with van der Waals surface area (Å²) in [6.07, 6.45) is 16.6. The van der Waals surface area contributed by atoms with Gasteiger partial charge in [0, 0.05) is 33.8 Å². The average Bonchev–Trinajstić information content (AvgIpc) is 3.98. The van der Waals surface area contributed by atoms with Crippen LogP contribution >= 0.6 is 0 Å². The molecule has 0 fully saturated rings. The van der Waals surface area contributed by atoms with E-state index in [4.69, 9.17) is 0 Å². The molecular weight excluding hydrogens is 761 g/mol. The van der Waals surface area contributed by atoms with Gasteiger partial charge in [-0.2, -0.15) is 0 Å². The van der Waals surface area contributed by atoms with Crippen molar-refractivity contribution in [3.63, 3.8) is 0 Å². The third-order valence-electron chi connectivity index (χ3n) is 14.3. The van der Waals surface area contributed by atoms with Crippen LogP contribution in [0.15, 0.2) is 242 Å². The van der Waals surface area contributed by atoms with E-state index >= 15 is 0 Å². The molecule has 63 heavy (non-hydrogen) atoms. The smallest absolute Gasteiger partial charge is 0.0710 e. The highest BCUT2D eigenvalue weighted by molar-refractivity contribution is 6.10. The summed E-state index contributed by atoms with van der Waals surface area (Å²) < 4.78 is 2.44. The second kappa shape index (κ2) is 14.2. The number of nitrogens with zero attached hydrogens (tertiary/aromatic N) is 2. The third kappa shape index (κ3) is 5.38. The first-order valence-corrected chi connectivity index (χ1v) is 22.4. The van der Waals surface area contributed by atoms with Crippen LogP contribution in [0.5, 0.6) is 0 Å². The van der Waals surface area contributed by atoms with Gasteiger partial charge < -0.3 is 9.47 Å². The molecule has 0 saturated heterocycles. The van der Waals surface area contributed by atoms with Gasteiger partial charge in [0.05, 0.1) is 22.5 Å². The maximum atomic E-state index is 2.64. The fourth-order valence-electron chi connectivity index (χ4n) is 11.5. The molecule has 0 spiro atoms. The number of anilines is 1. The number of aromatic nitrogens is 1. The molecule has 0 saturated carbocycles. The Bertz CT molecular complexity index is 3350. The molecule has 4 aliphatic rings. The summed E-state index contributed by atoms with van der Waals surface area (Å²) in [4.78, 5) is 2.64. The standard InChI is InChI=1S/C61H44N2/c1-4-16-41(17-5-1)42-28-33-48(34-29-42)63-57-27-15-12-24-51(57)52-35-30-44(39-60(52)63)43-31-36-58-53(38-43)54-40-46(32-37-59(54)62(58)47-20-8-3-9-21-47)61(45-18-6-2-7-19-45)55-25-13-10-22-49(55)50-23-11-14-26-56(50)61/h1-8,10-20,22-40,54,59H,9,21H2. The first-order valence-electron chi connectivity index (χ1n) is 22.4. The molecule has 2 unspecified atom stereocenters. The summed E-state index contributed by atoms with van der Waals surface area (Å²) in [5.41, 5.74) is 20.1. The molecule has 3 aliphatic carbocycles. The minimum atomic E-state index is -0.439. The monoisotopic (exact) mass is 804 g/mol. The first kappa shape index (κ1) is 36.0. The topological polar surface area (TPSA) is 8.17 Å². The molecule has 0 amide bonds. The van der Waals surface area contributed by atoms with Crippen LogP contribution in [0.1, 0.15) is 41.0 Å². The first-order chi connectivity index (χ1) is 31.3. The van der Waals surface area contributed by atoms with Crippen LogP contribution in [0.25, 0.3) is 60.9 Å². The van der Waals surface area contributed by atoms with E-state index in [2.05, 4.69) is 240 Å². The minimum Gasteiger partial charge on any atom is -0.337 e. The predicted octanol–water partition coefficient (Wildman–Crippen LogP) is 15.1. The summed E-state index contributed by atoms with van der Waals surface area (Å²) in [6.45, 7) is 0. The zero-order valence-corrected chi connectivity index (χ0v) is 34.9. The summed E-state index contributed by atoms with van der Waals surface area (Å²) in [6, 6.07) is 72.4. The van der Waals surface area contributed by atoms with Crippen LogP contribution in [0.2, 0.25) is 0 Å². The molecule has 9 aromatic rings. The van der Waals surface area contributed by atoms with Gasteiger partial charge in [-0.3, -0.25) is 0 Å². The molecule has 13 rings (SSSR count). The molecule has 1 aliphatic heterocycles. The highest BCUT2D eigenvalue weighted by Crippen LogP contribution is 2.59. The largest absolute Gasteiger partial charge is 0.337 e. The van der Waals surface area contributed by atoms with Gasteiger partial charge in [0.25, 0.3) is 0 Å². The Morgan fingerprint density at radius 3 is 1.92 bits per heavy atom. The van der Waals surface area contributed by atoms with Crippen LogP contribution in [0.4, 0.5) is 5.69 Å². The second-order valence-corrected chi connectivity index (χ2v) is 17.5. The van der Waals surface area contributed by atoms with Crippen LogP contribution in [0.3, 0.4) is 0 Å². The number of para-hydroxylation sites is 1. The molecule has 2 heterocycles. The molecule has 2 nitrogen and oxygen atoms in total. The highest BCUT2D eigenvalue weighted by Gasteiger charge is 2.49. The number of allylic oxidation sites excluding steroid dienone is 6. The van der Waals surface area contributed by atoms with Crippen molar-refractivity contribution in [3.05, 3.63) is 264 Å². The molecule has 0 radical (unpaired) electrons. The van der Waals surface area contributed by atoms with Crippen LogP contribution in [-0.2, 0) is 5.41 Å². The Morgan fingerprint density at radius 1 is 0.524 bits per heavy atom. The molecule has 2 atom stereocenters. The zero-order valence-electron chi connectivity index (χ0n) is 34.9. The van der Waals surface area contributed by atoms with Gasteiger partial charge in [-0.1, -0.05) is 188 Å². The fraction of sp³-hybridized carbons (Fsp3) is 0.0820. The molecular formula is C61H44N2. The van der Waals surface area contributed by atoms with Gasteiger partial charge in [0.2, 0.25) is 0 Å². The second-order valence-electron chi connectivity index (χ2n) is 17.5. The van der Waals surface area contributed by atoms with Gasteiger partial charge in [0.1, 0.15) is 0 Å². The number of benzene rings is 8. The Hall–Kier alpha value is -7.68. The third-order valence-corrected chi connectivity index (χ3v) is 14.3. The highest BCUT2D eigenvalue weighted by atomic mass is 15.2. The SMILES string of the molecule is C1=CCCC(N2c3ccc(-c4ccc5c6ccccc6n(-c6ccc(-c7ccccc7)cc6)c5c4)cc3C3C=C(C4(c5ccccc5)c5ccccc5-c5ccccc54)C=CC32)=C1. The van der Waals surface area contributed by atoms with E-state index in [0.717, 1.165) is 18.5 Å². The Balaban J connectivity index is 0.980. The summed E-state index contributed by atoms with van der Waals surface area (Å²) in [5, 5.41) is 2.53. The van der Waals surface area contributed by atoms with Gasteiger partial charge in [0.15, 0.2) is 0 Å². The molecule has 0 N–H and O–H groups in total. The number of hydrogen-bond acceptors (Lipinski definition) is 1. The molecule has 0 bridgehead atoms. The molecule has 8 aromatic carbocycles. The Kier molecular flexibility index (Phi) is 8.11. The van der Waals surface area contributed by atoms with Crippen LogP contribution < -0.4 is 4.90 Å². The summed E-state index contributed by atoms with van der Waals surface area (Å²) >= 11 is 0. The van der Waals surface area contributed by atoms with Crippen molar-refractivity contribution in [1.29, 1.82) is 0 Å². The lowest BCUT2D eigenvalue weighted by molar-refractivity contribution is 0.672. The van der Waals surface area contributed by atoms with Crippen LogP contribution in [-0.4, -0.2) is 10.6 Å². The van der Waals surface area contributed by atoms with Crippen molar-refractivity contribution in [2.45, 2.75) is 30.2 Å². The van der Waals surface area contributed by atoms with Crippen molar-refractivity contribution in [2.24, 2.45) is 0 Å². The van der Waals surface area contributed by atoms with E-state index in [1.807, 2.05) is 0 Å². The van der Waals surface area contributed by atoms with E-state index in [0.29, 0.717) is 0 Å². The van der Waals surface area contributed by atoms with Crippen molar-refractivity contribution < 1.29 is 0 Å². The lowest BCUT2D eigenvalue weighted by Gasteiger charge is -2.38. The zero-order chi connectivity index (χ0) is 41.5. The Morgan fingerprint density at radius 2 is 1.16 bits per heavy atom. The lowest BCUT2D eigenvalue weighted by atomic mass is 9.65. The van der Waals surface area contributed by atoms with E-state index in [1.54, 1.807) is 0 Å². The van der Waals surface area contributed by atoms with E-state index in [1.165, 1.54) is 94.4 Å². The van der Waals surface area contributed by atoms with Crippen LogP contribution in [0, 0.1) is 0 Å². The van der Waals surface area contributed by atoms with Gasteiger partial charge in [-0.05, 0) is 117 Å². The molecule has 1 aromatic heterocycles. The summed E-state index contributed by atoms with van der Waals surface area (Å²) in [7, 11) is 0. The van der Waals surface area contributed by atoms with E-state index in [-0.39, 0.29) is 12.0 Å². The quantitative estimate of drug-likeness (QED) is 0.163. The predicted molar refractivity (Wildman–Crippen MR) is 263 cm³/mol. The molecule has 2 heteroatoms. The van der Waals surface area contributed by atoms with Crippen molar-refractivity contribution in [1.82, 2.24) is 4.57 Å². The van der Waals surface area contributed by atoms with Gasteiger partial charge in [-0.25, -0.2) is 0 Å². The van der Waals surface area contributed by atoms with E-state index in [9.17, 15) is 0 Å². The maximum Gasteiger partial charge on any atom is 0.0710 e. The average molecular weight is 805 g/mol. The number of fused-ring (bicyclic) bond motifs is 9. The van der Waals surface area contributed by atoms with Gasteiger partial charge >= 0.3 is 0 Å². The minimum absolute atomic E-state index is 0.158.